The number of aromatic nitrogens is 1. The van der Waals surface area contributed by atoms with Gasteiger partial charge in [0.1, 0.15) is 0 Å². The van der Waals surface area contributed by atoms with Gasteiger partial charge < -0.3 is 4.74 Å². The van der Waals surface area contributed by atoms with Gasteiger partial charge in [-0.05, 0) is 30.9 Å². The molecule has 1 unspecified atom stereocenters. The standard InChI is InChI=1S/C16H22N2OS/c1-4-14(5-1)18-11-16(12-18)7-15(10-20-16)19-9-13-3-2-6-17-8-13/h2-3,6,8,14-15H,1,4-5,7,9-12H2. The van der Waals surface area contributed by atoms with E-state index in [4.69, 9.17) is 4.74 Å². The van der Waals surface area contributed by atoms with Crippen LogP contribution in [0.15, 0.2) is 24.5 Å². The van der Waals surface area contributed by atoms with Gasteiger partial charge in [-0.3, -0.25) is 9.88 Å². The highest BCUT2D eigenvalue weighted by atomic mass is 32.2. The Morgan fingerprint density at radius 3 is 3.00 bits per heavy atom. The van der Waals surface area contributed by atoms with Crippen molar-refractivity contribution in [2.75, 3.05) is 18.8 Å². The van der Waals surface area contributed by atoms with Crippen molar-refractivity contribution in [3.63, 3.8) is 0 Å². The van der Waals surface area contributed by atoms with E-state index in [1.165, 1.54) is 50.1 Å². The quantitative estimate of drug-likeness (QED) is 0.851. The molecular formula is C16H22N2OS. The highest BCUT2D eigenvalue weighted by molar-refractivity contribution is 8.01. The fourth-order valence-electron chi connectivity index (χ4n) is 3.53. The minimum absolute atomic E-state index is 0.434. The molecule has 2 saturated heterocycles. The Balaban J connectivity index is 1.25. The van der Waals surface area contributed by atoms with Crippen molar-refractivity contribution in [2.24, 2.45) is 0 Å². The molecule has 0 amide bonds. The summed E-state index contributed by atoms with van der Waals surface area (Å²) >= 11 is 2.15. The zero-order chi connectivity index (χ0) is 13.4. The predicted octanol–water partition coefficient (Wildman–Crippen LogP) is 2.71. The van der Waals surface area contributed by atoms with Crippen molar-refractivity contribution in [1.82, 2.24) is 9.88 Å². The average molecular weight is 290 g/mol. The van der Waals surface area contributed by atoms with Crippen LogP contribution in [0.5, 0.6) is 0 Å². The van der Waals surface area contributed by atoms with E-state index in [0.717, 1.165) is 6.04 Å². The number of thioether (sulfide) groups is 1. The maximum absolute atomic E-state index is 6.08. The second kappa shape index (κ2) is 5.32. The zero-order valence-electron chi connectivity index (χ0n) is 11.8. The van der Waals surface area contributed by atoms with Crippen LogP contribution in [0, 0.1) is 0 Å². The number of hydrogen-bond acceptors (Lipinski definition) is 4. The predicted molar refractivity (Wildman–Crippen MR) is 81.8 cm³/mol. The molecule has 1 atom stereocenters. The Morgan fingerprint density at radius 2 is 2.30 bits per heavy atom. The van der Waals surface area contributed by atoms with Crippen LogP contribution in [0.4, 0.5) is 0 Å². The largest absolute Gasteiger partial charge is 0.373 e. The van der Waals surface area contributed by atoms with Crippen LogP contribution in [-0.4, -0.2) is 45.6 Å². The molecule has 108 valence electrons. The maximum atomic E-state index is 6.08. The zero-order valence-corrected chi connectivity index (χ0v) is 12.6. The third-order valence-corrected chi connectivity index (χ3v) is 6.53. The first-order valence-electron chi connectivity index (χ1n) is 7.72. The lowest BCUT2D eigenvalue weighted by molar-refractivity contribution is 0.000368. The molecule has 3 heterocycles. The SMILES string of the molecule is c1cncc(COC2CSC3(C2)CN(C2CCC2)C3)c1. The van der Waals surface area contributed by atoms with E-state index in [-0.39, 0.29) is 0 Å². The molecule has 1 aliphatic carbocycles. The summed E-state index contributed by atoms with van der Waals surface area (Å²) in [5.74, 6) is 1.17. The van der Waals surface area contributed by atoms with Gasteiger partial charge >= 0.3 is 0 Å². The molecule has 1 aromatic heterocycles. The van der Waals surface area contributed by atoms with Crippen LogP contribution in [0.1, 0.15) is 31.2 Å². The number of nitrogens with zero attached hydrogens (tertiary/aromatic N) is 2. The summed E-state index contributed by atoms with van der Waals surface area (Å²) < 4.78 is 6.60. The molecule has 0 radical (unpaired) electrons. The van der Waals surface area contributed by atoms with E-state index < -0.39 is 0 Å². The lowest BCUT2D eigenvalue weighted by Crippen LogP contribution is -2.63. The van der Waals surface area contributed by atoms with Crippen molar-refractivity contribution < 1.29 is 4.74 Å². The van der Waals surface area contributed by atoms with Crippen molar-refractivity contribution >= 4 is 11.8 Å². The Bertz CT molecular complexity index is 457. The van der Waals surface area contributed by atoms with Crippen LogP contribution >= 0.6 is 11.8 Å². The van der Waals surface area contributed by atoms with E-state index in [2.05, 4.69) is 27.7 Å². The average Bonchev–Trinajstić information content (AvgIpc) is 2.80. The molecule has 0 aromatic carbocycles. The van der Waals surface area contributed by atoms with Gasteiger partial charge in [0.2, 0.25) is 0 Å². The monoisotopic (exact) mass is 290 g/mol. The first-order chi connectivity index (χ1) is 9.83. The topological polar surface area (TPSA) is 25.4 Å². The van der Waals surface area contributed by atoms with Crippen molar-refractivity contribution in [3.8, 4) is 0 Å². The minimum atomic E-state index is 0.434. The van der Waals surface area contributed by atoms with Gasteiger partial charge in [0.05, 0.1) is 12.7 Å². The van der Waals surface area contributed by atoms with Gasteiger partial charge in [-0.15, -0.1) is 11.8 Å². The highest BCUT2D eigenvalue weighted by Gasteiger charge is 2.51. The van der Waals surface area contributed by atoms with E-state index in [1.807, 2.05) is 18.5 Å². The highest BCUT2D eigenvalue weighted by Crippen LogP contribution is 2.48. The molecule has 3 aliphatic rings. The van der Waals surface area contributed by atoms with Crippen LogP contribution in [0.2, 0.25) is 0 Å². The molecule has 3 nitrogen and oxygen atoms in total. The molecule has 4 rings (SSSR count). The number of ether oxygens (including phenoxy) is 1. The van der Waals surface area contributed by atoms with Gasteiger partial charge in [0, 0.05) is 42.0 Å². The van der Waals surface area contributed by atoms with Gasteiger partial charge in [0.15, 0.2) is 0 Å². The van der Waals surface area contributed by atoms with E-state index in [9.17, 15) is 0 Å². The molecule has 0 bridgehead atoms. The third-order valence-electron chi connectivity index (χ3n) is 4.96. The summed E-state index contributed by atoms with van der Waals surface area (Å²) in [6.45, 7) is 3.31. The molecule has 20 heavy (non-hydrogen) atoms. The number of pyridine rings is 1. The lowest BCUT2D eigenvalue weighted by Gasteiger charge is -2.53. The number of hydrogen-bond donors (Lipinski definition) is 0. The first kappa shape index (κ1) is 13.1. The van der Waals surface area contributed by atoms with E-state index >= 15 is 0 Å². The van der Waals surface area contributed by atoms with E-state index in [1.54, 1.807) is 0 Å². The Morgan fingerprint density at radius 1 is 1.40 bits per heavy atom. The molecule has 4 heteroatoms. The Labute approximate surface area is 125 Å². The second-order valence-electron chi connectivity index (χ2n) is 6.48. The Kier molecular flexibility index (Phi) is 3.49. The second-order valence-corrected chi connectivity index (χ2v) is 7.97. The summed E-state index contributed by atoms with van der Waals surface area (Å²) in [5.41, 5.74) is 1.18. The molecule has 1 aromatic rings. The number of rotatable bonds is 4. The van der Waals surface area contributed by atoms with Crippen LogP contribution < -0.4 is 0 Å². The molecule has 3 fully saturated rings. The summed E-state index contributed by atoms with van der Waals surface area (Å²) in [6.07, 6.45) is 9.69. The first-order valence-corrected chi connectivity index (χ1v) is 8.70. The van der Waals surface area contributed by atoms with Gasteiger partial charge in [0.25, 0.3) is 0 Å². The maximum Gasteiger partial charge on any atom is 0.0736 e. The van der Waals surface area contributed by atoms with Crippen LogP contribution in [0.3, 0.4) is 0 Å². The van der Waals surface area contributed by atoms with Crippen LogP contribution in [0.25, 0.3) is 0 Å². The fourth-order valence-corrected chi connectivity index (χ4v) is 5.10. The van der Waals surface area contributed by atoms with Crippen molar-refractivity contribution in [3.05, 3.63) is 30.1 Å². The normalized spacial score (nSPS) is 29.3. The van der Waals surface area contributed by atoms with Gasteiger partial charge in [-0.25, -0.2) is 0 Å². The van der Waals surface area contributed by atoms with Gasteiger partial charge in [-0.1, -0.05) is 12.5 Å². The van der Waals surface area contributed by atoms with Crippen LogP contribution in [-0.2, 0) is 11.3 Å². The molecule has 1 saturated carbocycles. The number of likely N-dealkylation sites (tertiary alicyclic amines) is 1. The van der Waals surface area contributed by atoms with Gasteiger partial charge in [-0.2, -0.15) is 0 Å². The smallest absolute Gasteiger partial charge is 0.0736 e. The summed E-state index contributed by atoms with van der Waals surface area (Å²) in [6, 6.07) is 4.98. The molecule has 2 aliphatic heterocycles. The fraction of sp³-hybridized carbons (Fsp3) is 0.688. The Hall–Kier alpha value is -0.580. The van der Waals surface area contributed by atoms with Crippen molar-refractivity contribution in [1.29, 1.82) is 0 Å². The van der Waals surface area contributed by atoms with Crippen molar-refractivity contribution in [2.45, 2.75) is 49.2 Å². The third kappa shape index (κ3) is 2.49. The summed E-state index contributed by atoms with van der Waals surface area (Å²) in [5, 5.41) is 0. The summed E-state index contributed by atoms with van der Waals surface area (Å²) in [4.78, 5) is 6.83. The van der Waals surface area contributed by atoms with E-state index in [0.29, 0.717) is 17.5 Å². The molecule has 0 N–H and O–H groups in total. The summed E-state index contributed by atoms with van der Waals surface area (Å²) in [7, 11) is 0. The molecular weight excluding hydrogens is 268 g/mol. The minimum Gasteiger partial charge on any atom is -0.373 e. The molecule has 1 spiro atoms. The lowest BCUT2D eigenvalue weighted by atomic mass is 9.84.